The maximum atomic E-state index is 13.6. The smallest absolute Gasteiger partial charge is 0.224 e. The van der Waals surface area contributed by atoms with E-state index in [0.717, 1.165) is 12.0 Å². The molecular weight excluding hydrogens is 299 g/mol. The second kappa shape index (κ2) is 5.36. The van der Waals surface area contributed by atoms with E-state index < -0.39 is 0 Å². The monoisotopic (exact) mass is 314 g/mol. The van der Waals surface area contributed by atoms with Crippen molar-refractivity contribution >= 4 is 21.8 Å². The lowest BCUT2D eigenvalue weighted by Crippen LogP contribution is -2.33. The van der Waals surface area contributed by atoms with E-state index in [-0.39, 0.29) is 23.8 Å². The number of likely N-dealkylation sites (tertiary alicyclic amines) is 1. The maximum Gasteiger partial charge on any atom is 0.224 e. The quantitative estimate of drug-likeness (QED) is 0.932. The molecule has 0 radical (unpaired) electrons. The average Bonchev–Trinajstić information content (AvgIpc) is 2.59. The lowest BCUT2D eigenvalue weighted by molar-refractivity contribution is -0.129. The molecule has 1 aliphatic rings. The molecule has 0 spiro atoms. The van der Waals surface area contributed by atoms with E-state index in [9.17, 15) is 9.18 Å². The molecule has 5 heteroatoms. The fraction of sp³-hybridized carbons (Fsp3) is 0.462. The van der Waals surface area contributed by atoms with Gasteiger partial charge in [-0.3, -0.25) is 4.79 Å². The third kappa shape index (κ3) is 2.42. The van der Waals surface area contributed by atoms with E-state index in [4.69, 9.17) is 5.73 Å². The molecule has 1 aliphatic heterocycles. The van der Waals surface area contributed by atoms with Gasteiger partial charge < -0.3 is 10.6 Å². The van der Waals surface area contributed by atoms with Crippen LogP contribution in [0.3, 0.4) is 0 Å². The Morgan fingerprint density at radius 2 is 2.28 bits per heavy atom. The Labute approximate surface area is 114 Å². The zero-order valence-corrected chi connectivity index (χ0v) is 11.8. The Balaban J connectivity index is 2.34. The Kier molecular flexibility index (Phi) is 4.02. The number of halogens is 2. The summed E-state index contributed by atoms with van der Waals surface area (Å²) in [5.74, 6) is -0.270. The number of rotatable bonds is 3. The normalized spacial score (nSPS) is 23.8. The molecule has 3 nitrogen and oxygen atoms in total. The number of benzene rings is 1. The van der Waals surface area contributed by atoms with Gasteiger partial charge in [-0.05, 0) is 40.0 Å². The highest BCUT2D eigenvalue weighted by atomic mass is 79.9. The minimum absolute atomic E-state index is 0.0534. The second-order valence-corrected chi connectivity index (χ2v) is 5.43. The van der Waals surface area contributed by atoms with E-state index >= 15 is 0 Å². The molecule has 0 aliphatic carbocycles. The molecule has 0 aromatic heterocycles. The van der Waals surface area contributed by atoms with E-state index in [0.29, 0.717) is 17.4 Å². The van der Waals surface area contributed by atoms with Crippen LogP contribution in [-0.2, 0) is 4.79 Å². The number of nitrogens with two attached hydrogens (primary N) is 1. The highest BCUT2D eigenvalue weighted by molar-refractivity contribution is 9.10. The molecule has 1 amide bonds. The lowest BCUT2D eigenvalue weighted by atomic mass is 10.0. The highest BCUT2D eigenvalue weighted by Gasteiger charge is 2.38. The molecule has 2 atom stereocenters. The Hall–Kier alpha value is -0.940. The third-order valence-corrected chi connectivity index (χ3v) is 3.86. The van der Waals surface area contributed by atoms with Gasteiger partial charge in [0.15, 0.2) is 0 Å². The standard InChI is InChI=1S/C13H16BrFN2O/c1-2-5-17-12(18)7-11(16)13(17)8-3-4-9(14)10(15)6-8/h3-4,6,11,13H,2,5,7,16H2,1H3. The summed E-state index contributed by atoms with van der Waals surface area (Å²) in [4.78, 5) is 13.6. The summed E-state index contributed by atoms with van der Waals surface area (Å²) in [7, 11) is 0. The molecule has 18 heavy (non-hydrogen) atoms. The SMILES string of the molecule is CCCN1C(=O)CC(N)C1c1ccc(Br)c(F)c1. The van der Waals surface area contributed by atoms with E-state index in [1.54, 1.807) is 11.0 Å². The van der Waals surface area contributed by atoms with Crippen LogP contribution >= 0.6 is 15.9 Å². The predicted molar refractivity (Wildman–Crippen MR) is 71.4 cm³/mol. The maximum absolute atomic E-state index is 13.6. The van der Waals surface area contributed by atoms with Crippen LogP contribution in [0.4, 0.5) is 4.39 Å². The fourth-order valence-corrected chi connectivity index (χ4v) is 2.69. The van der Waals surface area contributed by atoms with Crippen molar-refractivity contribution in [1.29, 1.82) is 0 Å². The number of nitrogens with zero attached hydrogens (tertiary/aromatic N) is 1. The number of hydrogen-bond donors (Lipinski definition) is 1. The van der Waals surface area contributed by atoms with Crippen molar-refractivity contribution in [1.82, 2.24) is 4.90 Å². The third-order valence-electron chi connectivity index (χ3n) is 3.22. The summed E-state index contributed by atoms with van der Waals surface area (Å²) in [5, 5.41) is 0. The molecule has 0 saturated carbocycles. The van der Waals surface area contributed by atoms with Crippen molar-refractivity contribution in [2.75, 3.05) is 6.54 Å². The summed E-state index contributed by atoms with van der Waals surface area (Å²) in [6, 6.07) is 4.46. The van der Waals surface area contributed by atoms with Gasteiger partial charge in [0, 0.05) is 19.0 Å². The van der Waals surface area contributed by atoms with E-state index in [2.05, 4.69) is 15.9 Å². The first-order valence-electron chi connectivity index (χ1n) is 6.04. The van der Waals surface area contributed by atoms with Gasteiger partial charge in [0.05, 0.1) is 10.5 Å². The van der Waals surface area contributed by atoms with Gasteiger partial charge in [-0.25, -0.2) is 4.39 Å². The van der Waals surface area contributed by atoms with Gasteiger partial charge in [-0.1, -0.05) is 13.0 Å². The topological polar surface area (TPSA) is 46.3 Å². The summed E-state index contributed by atoms with van der Waals surface area (Å²) < 4.78 is 14.0. The van der Waals surface area contributed by atoms with Crippen molar-refractivity contribution < 1.29 is 9.18 Å². The zero-order chi connectivity index (χ0) is 13.3. The number of carbonyl (C=O) groups is 1. The van der Waals surface area contributed by atoms with Crippen LogP contribution in [0, 0.1) is 5.82 Å². The van der Waals surface area contributed by atoms with Crippen molar-refractivity contribution in [3.05, 3.63) is 34.1 Å². The van der Waals surface area contributed by atoms with Gasteiger partial charge in [0.1, 0.15) is 5.82 Å². The molecule has 98 valence electrons. The van der Waals surface area contributed by atoms with E-state index in [1.165, 1.54) is 6.07 Å². The Bertz CT molecular complexity index is 466. The van der Waals surface area contributed by atoms with Crippen LogP contribution in [0.1, 0.15) is 31.4 Å². The molecule has 2 N–H and O–H groups in total. The first kappa shape index (κ1) is 13.5. The van der Waals surface area contributed by atoms with Crippen molar-refractivity contribution in [3.8, 4) is 0 Å². The van der Waals surface area contributed by atoms with E-state index in [1.807, 2.05) is 13.0 Å². The second-order valence-electron chi connectivity index (χ2n) is 4.57. The fourth-order valence-electron chi connectivity index (χ4n) is 2.44. The van der Waals surface area contributed by atoms with Gasteiger partial charge in [0.2, 0.25) is 5.91 Å². The first-order valence-corrected chi connectivity index (χ1v) is 6.84. The summed E-state index contributed by atoms with van der Waals surface area (Å²) >= 11 is 3.12. The van der Waals surface area contributed by atoms with Crippen LogP contribution in [0.15, 0.2) is 22.7 Å². The minimum atomic E-state index is -0.324. The molecule has 0 bridgehead atoms. The van der Waals surface area contributed by atoms with Gasteiger partial charge in [-0.15, -0.1) is 0 Å². The Morgan fingerprint density at radius 1 is 1.56 bits per heavy atom. The molecule has 1 saturated heterocycles. The van der Waals surface area contributed by atoms with Crippen LogP contribution in [0.25, 0.3) is 0 Å². The van der Waals surface area contributed by atoms with Crippen molar-refractivity contribution in [3.63, 3.8) is 0 Å². The average molecular weight is 315 g/mol. The number of amides is 1. The molecule has 1 aromatic rings. The summed E-state index contributed by atoms with van der Waals surface area (Å²) in [6.45, 7) is 2.67. The van der Waals surface area contributed by atoms with Crippen LogP contribution < -0.4 is 5.73 Å². The summed E-state index contributed by atoms with van der Waals surface area (Å²) in [6.07, 6.45) is 1.20. The highest BCUT2D eigenvalue weighted by Crippen LogP contribution is 2.33. The zero-order valence-electron chi connectivity index (χ0n) is 10.2. The van der Waals surface area contributed by atoms with Crippen molar-refractivity contribution in [2.24, 2.45) is 5.73 Å². The van der Waals surface area contributed by atoms with Crippen LogP contribution in [0.2, 0.25) is 0 Å². The van der Waals surface area contributed by atoms with Gasteiger partial charge >= 0.3 is 0 Å². The molecule has 1 heterocycles. The molecule has 2 unspecified atom stereocenters. The van der Waals surface area contributed by atoms with Crippen molar-refractivity contribution in [2.45, 2.75) is 31.8 Å². The lowest BCUT2D eigenvalue weighted by Gasteiger charge is -2.27. The Morgan fingerprint density at radius 3 is 2.89 bits per heavy atom. The van der Waals surface area contributed by atoms with Crippen LogP contribution in [-0.4, -0.2) is 23.4 Å². The molecule has 1 fully saturated rings. The predicted octanol–water partition coefficient (Wildman–Crippen LogP) is 2.60. The van der Waals surface area contributed by atoms with Gasteiger partial charge in [-0.2, -0.15) is 0 Å². The molecular formula is C13H16BrFN2O. The summed E-state index contributed by atoms with van der Waals surface area (Å²) in [5.41, 5.74) is 6.78. The largest absolute Gasteiger partial charge is 0.334 e. The number of carbonyl (C=O) groups excluding carboxylic acids is 1. The molecule has 1 aromatic carbocycles. The van der Waals surface area contributed by atoms with Gasteiger partial charge in [0.25, 0.3) is 0 Å². The van der Waals surface area contributed by atoms with Crippen LogP contribution in [0.5, 0.6) is 0 Å². The molecule has 2 rings (SSSR count). The minimum Gasteiger partial charge on any atom is -0.334 e. The first-order chi connectivity index (χ1) is 8.54. The number of hydrogen-bond acceptors (Lipinski definition) is 2.